The van der Waals surface area contributed by atoms with E-state index in [-0.39, 0.29) is 92.8 Å². The van der Waals surface area contributed by atoms with Crippen molar-refractivity contribution in [3.05, 3.63) is 166 Å². The number of carbonyl (C=O) groups excluding carboxylic acids is 1. The van der Waals surface area contributed by atoms with Crippen molar-refractivity contribution in [3.63, 3.8) is 0 Å². The maximum Gasteiger partial charge on any atom is 2.00 e. The molecule has 0 saturated carbocycles. The zero-order valence-electron chi connectivity index (χ0n) is 41.6. The molecule has 0 heterocycles. The molecule has 4 N–H and O–H groups in total. The minimum Gasteiger partial charge on any atom is -0.871 e. The minimum absolute atomic E-state index is 0. The maximum atomic E-state index is 13.4. The molecule has 0 unspecified atom stereocenters. The number of azo groups is 2. The van der Waals surface area contributed by atoms with Crippen molar-refractivity contribution in [3.8, 4) is 23.0 Å². The summed E-state index contributed by atoms with van der Waals surface area (Å²) in [6.45, 7) is 8.13. The molecule has 1 amide bonds. The van der Waals surface area contributed by atoms with Gasteiger partial charge in [0.2, 0.25) is 0 Å². The smallest absolute Gasteiger partial charge is 0.871 e. The third-order valence-corrected chi connectivity index (χ3v) is 13.8. The number of anilines is 1. The van der Waals surface area contributed by atoms with Gasteiger partial charge in [-0.25, -0.2) is 0 Å². The van der Waals surface area contributed by atoms with Crippen LogP contribution in [0.3, 0.4) is 0 Å². The summed E-state index contributed by atoms with van der Waals surface area (Å²) in [5.41, 5.74) is 0.695. The first kappa shape index (κ1) is 59.8. The van der Waals surface area contributed by atoms with Crippen molar-refractivity contribution in [1.29, 1.82) is 0 Å². The molecule has 77 heavy (non-hydrogen) atoms. The van der Waals surface area contributed by atoms with Crippen molar-refractivity contribution < 1.29 is 55.5 Å². The predicted molar refractivity (Wildman–Crippen MR) is 294 cm³/mol. The second kappa shape index (κ2) is 26.3. The van der Waals surface area contributed by atoms with E-state index in [1.165, 1.54) is 36.4 Å². The molecule has 0 spiro atoms. The maximum absolute atomic E-state index is 13.4. The Bertz CT molecular complexity index is 3860. The standard InChI is InChI=1S/2C27H24ClN3O6S.Ba/c2*1-3-16-13-24(38(34,35)36)23(15-22(16)28)30-31-25-20-11-6-5-8-17(20)12-21(26(25)32)27(33)29-18-9-7-10-19(14-18)37-4-2;/h2*5-15,32H,3-4H2,1-2H3,(H,29,33)(H,34,35,36);/q;;+2/p-2. The van der Waals surface area contributed by atoms with Gasteiger partial charge in [-0.3, -0.25) is 18.9 Å². The summed E-state index contributed by atoms with van der Waals surface area (Å²) in [5, 5.41) is 58.8. The van der Waals surface area contributed by atoms with Gasteiger partial charge in [0.25, 0.3) is 26.1 Å². The molecule has 0 radical (unpaired) electrons. The Hall–Kier alpha value is -6.41. The van der Waals surface area contributed by atoms with Gasteiger partial charge in [-0.2, -0.15) is 21.9 Å². The molecule has 8 aromatic rings. The van der Waals surface area contributed by atoms with Crippen LogP contribution in [0.4, 0.5) is 34.1 Å². The van der Waals surface area contributed by atoms with Gasteiger partial charge >= 0.3 is 48.9 Å². The molecule has 392 valence electrons. The van der Waals surface area contributed by atoms with E-state index in [2.05, 4.69) is 30.8 Å². The SMILES string of the molecule is CCOc1cccc(N=C([O-])c2cc3ccccc3c(N=Nc3cc(Cl)c(CC)cc3S(=O)(=O)O)c2[O-])c1.CCOc1cccc(NC(=O)c2cc3ccccc3c(N=Nc3cc(Cl)c(CC)cc3S(=O)(=O)O)c2O)c1.[Ba+2]. The Morgan fingerprint density at radius 1 is 0.610 bits per heavy atom. The van der Waals surface area contributed by atoms with E-state index in [9.17, 15) is 46.1 Å². The molecule has 8 rings (SSSR count). The first-order valence-electron chi connectivity index (χ1n) is 23.2. The van der Waals surface area contributed by atoms with Gasteiger partial charge in [0, 0.05) is 38.6 Å². The Morgan fingerprint density at radius 3 is 1.61 bits per heavy atom. The summed E-state index contributed by atoms with van der Waals surface area (Å²) in [4.78, 5) is 16.2. The molecule has 0 aliphatic carbocycles. The number of amides is 1. The number of aryl methyl sites for hydroxylation is 2. The van der Waals surface area contributed by atoms with E-state index >= 15 is 0 Å². The van der Waals surface area contributed by atoms with Gasteiger partial charge < -0.3 is 30.1 Å². The largest absolute Gasteiger partial charge is 2.00 e. The van der Waals surface area contributed by atoms with Gasteiger partial charge in [-0.15, -0.1) is 15.3 Å². The number of fused-ring (bicyclic) bond motifs is 2. The zero-order chi connectivity index (χ0) is 54.9. The molecule has 0 saturated heterocycles. The van der Waals surface area contributed by atoms with Gasteiger partial charge in [0.05, 0.1) is 30.2 Å². The predicted octanol–water partition coefficient (Wildman–Crippen LogP) is 12.3. The van der Waals surface area contributed by atoms with E-state index in [1.807, 2.05) is 13.8 Å². The number of hydrogen-bond acceptors (Lipinski definition) is 15. The van der Waals surface area contributed by atoms with E-state index < -0.39 is 53.3 Å². The monoisotopic (exact) mass is 1240 g/mol. The van der Waals surface area contributed by atoms with Crippen LogP contribution in [0.5, 0.6) is 23.0 Å². The second-order valence-electron chi connectivity index (χ2n) is 16.3. The van der Waals surface area contributed by atoms with Crippen LogP contribution in [0.15, 0.2) is 169 Å². The first-order chi connectivity index (χ1) is 36.2. The molecule has 0 aliphatic heterocycles. The van der Waals surface area contributed by atoms with Crippen molar-refractivity contribution >= 4 is 160 Å². The fraction of sp³-hybridized carbons (Fsp3) is 0.148. The third kappa shape index (κ3) is 14.6. The first-order valence-corrected chi connectivity index (χ1v) is 26.8. The number of benzene rings is 8. The van der Waals surface area contributed by atoms with Crippen molar-refractivity contribution in [2.24, 2.45) is 25.4 Å². The molecule has 0 aliphatic rings. The van der Waals surface area contributed by atoms with Crippen molar-refractivity contribution in [2.75, 3.05) is 18.5 Å². The summed E-state index contributed by atoms with van der Waals surface area (Å²) in [7, 11) is -9.33. The summed E-state index contributed by atoms with van der Waals surface area (Å²) in [5.74, 6) is -1.50. The molecule has 8 aromatic carbocycles. The number of aromatic hydroxyl groups is 1. The Balaban J connectivity index is 0.000000246. The number of rotatable bonds is 16. The summed E-state index contributed by atoms with van der Waals surface area (Å²) in [6, 6.07) is 34.9. The van der Waals surface area contributed by atoms with Crippen LogP contribution in [0, 0.1) is 0 Å². The number of halogens is 2. The van der Waals surface area contributed by atoms with E-state index in [4.69, 9.17) is 32.7 Å². The quantitative estimate of drug-likeness (QED) is 0.0231. The molecular formula is C54H46BaCl2N6O12S2. The second-order valence-corrected chi connectivity index (χ2v) is 19.9. The van der Waals surface area contributed by atoms with Crippen LogP contribution >= 0.6 is 23.2 Å². The summed E-state index contributed by atoms with van der Waals surface area (Å²) in [6.07, 6.45) is 0.837. The summed E-state index contributed by atoms with van der Waals surface area (Å²) < 4.78 is 78.3. The normalized spacial score (nSPS) is 11.9. The van der Waals surface area contributed by atoms with Gasteiger partial charge in [0.1, 0.15) is 38.4 Å². The number of phenolic OH excluding ortho intramolecular Hbond substituents is 1. The van der Waals surface area contributed by atoms with Crippen LogP contribution in [-0.2, 0) is 33.1 Å². The number of phenols is 1. The van der Waals surface area contributed by atoms with E-state index in [1.54, 1.807) is 111 Å². The van der Waals surface area contributed by atoms with Crippen LogP contribution in [0.25, 0.3) is 21.5 Å². The average molecular weight is 1240 g/mol. The zero-order valence-corrected chi connectivity index (χ0v) is 49.1. The Labute approximate surface area is 493 Å². The number of nitrogens with zero attached hydrogens (tertiary/aromatic N) is 5. The third-order valence-electron chi connectivity index (χ3n) is 11.3. The van der Waals surface area contributed by atoms with Crippen LogP contribution in [0.2, 0.25) is 10.0 Å². The minimum atomic E-state index is -4.67. The van der Waals surface area contributed by atoms with Gasteiger partial charge in [0.15, 0.2) is 5.75 Å². The Morgan fingerprint density at radius 2 is 1.09 bits per heavy atom. The molecule has 23 heteroatoms. The molecular weight excluding hydrogens is 1200 g/mol. The topological polar surface area (TPSA) is 284 Å². The van der Waals surface area contributed by atoms with Gasteiger partial charge in [-0.05, 0) is 121 Å². The number of hydrogen-bond donors (Lipinski definition) is 4. The molecule has 0 fully saturated rings. The number of carbonyl (C=O) groups is 1. The van der Waals surface area contributed by atoms with Crippen LogP contribution < -0.4 is 25.0 Å². The molecule has 18 nitrogen and oxygen atoms in total. The fourth-order valence-electron chi connectivity index (χ4n) is 7.66. The fourth-order valence-corrected chi connectivity index (χ4v) is 9.56. The average Bonchev–Trinajstić information content (AvgIpc) is 3.38. The van der Waals surface area contributed by atoms with Crippen molar-refractivity contribution in [1.82, 2.24) is 0 Å². The van der Waals surface area contributed by atoms with E-state index in [0.29, 0.717) is 81.6 Å². The van der Waals surface area contributed by atoms with Crippen molar-refractivity contribution in [2.45, 2.75) is 50.3 Å². The molecule has 0 aromatic heterocycles. The van der Waals surface area contributed by atoms with E-state index in [0.717, 1.165) is 0 Å². The number of ether oxygens (including phenoxy) is 2. The number of nitrogens with one attached hydrogen (secondary N) is 1. The molecule has 0 atom stereocenters. The van der Waals surface area contributed by atoms with Crippen LogP contribution in [0.1, 0.15) is 54.7 Å². The molecule has 0 bridgehead atoms. The number of aliphatic imine (C=N–C) groups is 1. The summed E-state index contributed by atoms with van der Waals surface area (Å²) >= 11 is 12.5. The Kier molecular flexibility index (Phi) is 20.4. The van der Waals surface area contributed by atoms with Crippen LogP contribution in [-0.4, -0.2) is 105 Å². The van der Waals surface area contributed by atoms with Gasteiger partial charge in [-0.1, -0.05) is 103 Å².